The lowest BCUT2D eigenvalue weighted by atomic mass is 9.81. The molecule has 3 atom stereocenters. The van der Waals surface area contributed by atoms with Gasteiger partial charge in [0.2, 0.25) is 5.91 Å². The van der Waals surface area contributed by atoms with Crippen LogP contribution in [0.25, 0.3) is 0 Å². The lowest BCUT2D eigenvalue weighted by molar-refractivity contribution is -0.162. The molecule has 1 saturated heterocycles. The molecule has 1 heterocycles. The van der Waals surface area contributed by atoms with E-state index >= 15 is 0 Å². The molecule has 1 aliphatic rings. The highest BCUT2D eigenvalue weighted by Crippen LogP contribution is 2.40. The summed E-state index contributed by atoms with van der Waals surface area (Å²) in [6, 6.07) is 0.109. The van der Waals surface area contributed by atoms with Gasteiger partial charge in [-0.05, 0) is 31.5 Å². The maximum absolute atomic E-state index is 12.5. The van der Waals surface area contributed by atoms with Gasteiger partial charge in [0.1, 0.15) is 0 Å². The second kappa shape index (κ2) is 7.02. The van der Waals surface area contributed by atoms with E-state index in [2.05, 4.69) is 46.4 Å². The van der Waals surface area contributed by atoms with Gasteiger partial charge in [-0.2, -0.15) is 0 Å². The number of likely N-dealkylation sites (tertiary alicyclic amines) is 1. The van der Waals surface area contributed by atoms with Crippen molar-refractivity contribution in [2.75, 3.05) is 6.54 Å². The summed E-state index contributed by atoms with van der Waals surface area (Å²) in [4.78, 5) is 14.4. The standard InChI is InChI=1S/C18H31NO2Si/c1-9-11-13-19-15(12-10-2)16(17(19)20)14(3)21-22(7,8)18(4,5)6/h2,9,14-16H,1,11-13H2,3-8H3/t14-,15+,16-/m1/s1. The molecule has 1 fully saturated rings. The van der Waals surface area contributed by atoms with Gasteiger partial charge in [0.15, 0.2) is 8.32 Å². The zero-order valence-electron chi connectivity index (χ0n) is 15.0. The first kappa shape index (κ1) is 19.0. The number of hydrogen-bond donors (Lipinski definition) is 0. The summed E-state index contributed by atoms with van der Waals surface area (Å²) in [5.74, 6) is 2.78. The summed E-state index contributed by atoms with van der Waals surface area (Å²) in [6.07, 6.45) is 8.65. The minimum Gasteiger partial charge on any atom is -0.413 e. The lowest BCUT2D eigenvalue weighted by Crippen LogP contribution is -2.65. The number of amides is 1. The Bertz CT molecular complexity index is 459. The molecule has 22 heavy (non-hydrogen) atoms. The average molecular weight is 322 g/mol. The summed E-state index contributed by atoms with van der Waals surface area (Å²) in [5.41, 5.74) is 0. The van der Waals surface area contributed by atoms with E-state index in [9.17, 15) is 4.79 Å². The minimum atomic E-state index is -1.88. The van der Waals surface area contributed by atoms with Gasteiger partial charge in [0.25, 0.3) is 0 Å². The SMILES string of the molecule is C#CC[C@H]1[C@@H]([C@@H](C)O[Si](C)(C)C(C)(C)C)C(=O)N1CCC=C. The number of hydrogen-bond acceptors (Lipinski definition) is 2. The van der Waals surface area contributed by atoms with Crippen molar-refractivity contribution in [3.05, 3.63) is 12.7 Å². The summed E-state index contributed by atoms with van der Waals surface area (Å²) >= 11 is 0. The highest BCUT2D eigenvalue weighted by Gasteiger charge is 2.51. The molecule has 3 nitrogen and oxygen atoms in total. The van der Waals surface area contributed by atoms with Crippen LogP contribution in [0.4, 0.5) is 0 Å². The zero-order chi connectivity index (χ0) is 17.1. The van der Waals surface area contributed by atoms with Crippen LogP contribution in [0.1, 0.15) is 40.5 Å². The quantitative estimate of drug-likeness (QED) is 0.309. The third-order valence-corrected chi connectivity index (χ3v) is 9.65. The molecule has 0 aromatic heterocycles. The van der Waals surface area contributed by atoms with Gasteiger partial charge in [0.05, 0.1) is 18.1 Å². The van der Waals surface area contributed by atoms with Crippen LogP contribution in [0.3, 0.4) is 0 Å². The molecule has 0 N–H and O–H groups in total. The Morgan fingerprint density at radius 2 is 2.09 bits per heavy atom. The van der Waals surface area contributed by atoms with Gasteiger partial charge in [-0.25, -0.2) is 0 Å². The highest BCUT2D eigenvalue weighted by atomic mass is 28.4. The monoisotopic (exact) mass is 321 g/mol. The van der Waals surface area contributed by atoms with Crippen molar-refractivity contribution in [1.29, 1.82) is 0 Å². The fourth-order valence-electron chi connectivity index (χ4n) is 2.72. The number of β-lactam (4-membered cyclic amide) rings is 1. The highest BCUT2D eigenvalue weighted by molar-refractivity contribution is 6.74. The van der Waals surface area contributed by atoms with Gasteiger partial charge in [0, 0.05) is 13.0 Å². The lowest BCUT2D eigenvalue weighted by Gasteiger charge is -2.51. The Balaban J connectivity index is 2.80. The van der Waals surface area contributed by atoms with Crippen LogP contribution in [0.2, 0.25) is 18.1 Å². The average Bonchev–Trinajstić information content (AvgIpc) is 2.36. The molecule has 0 radical (unpaired) electrons. The van der Waals surface area contributed by atoms with E-state index in [-0.39, 0.29) is 29.0 Å². The van der Waals surface area contributed by atoms with E-state index in [0.29, 0.717) is 13.0 Å². The molecule has 1 rings (SSSR count). The number of rotatable bonds is 7. The Kier molecular flexibility index (Phi) is 6.06. The summed E-state index contributed by atoms with van der Waals surface area (Å²) < 4.78 is 6.41. The van der Waals surface area contributed by atoms with Gasteiger partial charge in [-0.1, -0.05) is 26.8 Å². The minimum absolute atomic E-state index is 0.0771. The normalized spacial score (nSPS) is 23.7. The van der Waals surface area contributed by atoms with Crippen molar-refractivity contribution >= 4 is 14.2 Å². The van der Waals surface area contributed by atoms with E-state index in [1.54, 1.807) is 0 Å². The molecule has 124 valence electrons. The van der Waals surface area contributed by atoms with Crippen molar-refractivity contribution < 1.29 is 9.22 Å². The van der Waals surface area contributed by atoms with Crippen LogP contribution in [0.15, 0.2) is 12.7 Å². The van der Waals surface area contributed by atoms with E-state index in [1.165, 1.54) is 0 Å². The van der Waals surface area contributed by atoms with Gasteiger partial charge >= 0.3 is 0 Å². The first-order valence-corrected chi connectivity index (χ1v) is 11.0. The molecule has 0 aliphatic carbocycles. The fourth-order valence-corrected chi connectivity index (χ4v) is 4.15. The second-order valence-corrected chi connectivity index (χ2v) is 12.4. The Morgan fingerprint density at radius 1 is 1.50 bits per heavy atom. The van der Waals surface area contributed by atoms with Crippen LogP contribution in [-0.2, 0) is 9.22 Å². The van der Waals surface area contributed by atoms with Gasteiger partial charge in [-0.15, -0.1) is 18.9 Å². The second-order valence-electron chi connectivity index (χ2n) is 7.69. The van der Waals surface area contributed by atoms with Crippen LogP contribution in [0.5, 0.6) is 0 Å². The molecule has 1 aliphatic heterocycles. The zero-order valence-corrected chi connectivity index (χ0v) is 16.0. The maximum atomic E-state index is 12.5. The number of carbonyl (C=O) groups excluding carboxylic acids is 1. The Labute approximate surface area is 137 Å². The number of terminal acetylenes is 1. The molecule has 0 spiro atoms. The van der Waals surface area contributed by atoms with E-state index < -0.39 is 8.32 Å². The maximum Gasteiger partial charge on any atom is 0.230 e. The van der Waals surface area contributed by atoms with Crippen molar-refractivity contribution in [1.82, 2.24) is 4.90 Å². The van der Waals surface area contributed by atoms with Gasteiger partial charge < -0.3 is 9.33 Å². The molecule has 0 saturated carbocycles. The molecule has 0 aromatic rings. The summed E-state index contributed by atoms with van der Waals surface area (Å²) in [7, 11) is -1.88. The molecular weight excluding hydrogens is 290 g/mol. The number of carbonyl (C=O) groups is 1. The van der Waals surface area contributed by atoms with E-state index in [1.807, 2.05) is 17.9 Å². The predicted molar refractivity (Wildman–Crippen MR) is 95.0 cm³/mol. The number of nitrogens with zero attached hydrogens (tertiary/aromatic N) is 1. The van der Waals surface area contributed by atoms with Crippen molar-refractivity contribution in [2.45, 2.75) is 70.8 Å². The van der Waals surface area contributed by atoms with Crippen molar-refractivity contribution in [3.63, 3.8) is 0 Å². The van der Waals surface area contributed by atoms with E-state index in [0.717, 1.165) is 6.42 Å². The third-order valence-electron chi connectivity index (χ3n) is 5.08. The van der Waals surface area contributed by atoms with Gasteiger partial charge in [-0.3, -0.25) is 4.79 Å². The fraction of sp³-hybridized carbons (Fsp3) is 0.722. The van der Waals surface area contributed by atoms with Crippen LogP contribution in [0, 0.1) is 18.3 Å². The van der Waals surface area contributed by atoms with E-state index in [4.69, 9.17) is 10.8 Å². The molecule has 0 bridgehead atoms. The van der Waals surface area contributed by atoms with Crippen molar-refractivity contribution in [3.8, 4) is 12.3 Å². The largest absolute Gasteiger partial charge is 0.413 e. The van der Waals surface area contributed by atoms with Crippen molar-refractivity contribution in [2.24, 2.45) is 5.92 Å². The smallest absolute Gasteiger partial charge is 0.230 e. The molecular formula is C18H31NO2Si. The predicted octanol–water partition coefficient (Wildman–Crippen LogP) is 3.82. The summed E-state index contributed by atoms with van der Waals surface area (Å²) in [5, 5.41) is 0.137. The Hall–Kier alpha value is -1.05. The van der Waals surface area contributed by atoms with Crippen LogP contribution >= 0.6 is 0 Å². The summed E-state index contributed by atoms with van der Waals surface area (Å²) in [6.45, 7) is 17.5. The molecule has 1 amide bonds. The first-order chi connectivity index (χ1) is 10.1. The first-order valence-electron chi connectivity index (χ1n) is 8.09. The topological polar surface area (TPSA) is 29.5 Å². The molecule has 4 heteroatoms. The third kappa shape index (κ3) is 3.82. The molecule has 0 unspecified atom stereocenters. The van der Waals surface area contributed by atoms with Crippen LogP contribution < -0.4 is 0 Å². The van der Waals surface area contributed by atoms with Crippen LogP contribution in [-0.4, -0.2) is 37.8 Å². The molecule has 0 aromatic carbocycles. The Morgan fingerprint density at radius 3 is 2.55 bits per heavy atom.